The van der Waals surface area contributed by atoms with Crippen LogP contribution in [0.4, 0.5) is 0 Å². The van der Waals surface area contributed by atoms with E-state index >= 15 is 0 Å². The molecule has 1 aromatic rings. The summed E-state index contributed by atoms with van der Waals surface area (Å²) < 4.78 is 5.41. The molecule has 1 N–H and O–H groups in total. The highest BCUT2D eigenvalue weighted by Crippen LogP contribution is 2.42. The van der Waals surface area contributed by atoms with Gasteiger partial charge in [0, 0.05) is 18.2 Å². The number of hydrogen-bond donors (Lipinski definition) is 1. The third-order valence-electron chi connectivity index (χ3n) is 5.33. The summed E-state index contributed by atoms with van der Waals surface area (Å²) in [7, 11) is 0. The van der Waals surface area contributed by atoms with Gasteiger partial charge in [0.05, 0.1) is 5.41 Å². The number of rotatable bonds is 3. The van der Waals surface area contributed by atoms with Crippen LogP contribution in [0.2, 0.25) is 5.02 Å². The molecule has 0 atom stereocenters. The van der Waals surface area contributed by atoms with Crippen molar-refractivity contribution < 1.29 is 14.6 Å². The summed E-state index contributed by atoms with van der Waals surface area (Å²) in [6, 6.07) is 5.95. The first-order valence-corrected chi connectivity index (χ1v) is 8.62. The number of halogens is 1. The number of carboxylic acids is 1. The molecule has 0 spiro atoms. The fourth-order valence-electron chi connectivity index (χ4n) is 3.95. The van der Waals surface area contributed by atoms with E-state index in [-0.39, 0.29) is 0 Å². The quantitative estimate of drug-likeness (QED) is 0.890. The minimum Gasteiger partial charge on any atom is -0.481 e. The Kier molecular flexibility index (Phi) is 4.74. The summed E-state index contributed by atoms with van der Waals surface area (Å²) in [6.45, 7) is 1.56. The van der Waals surface area contributed by atoms with Crippen LogP contribution in [0.5, 0.6) is 0 Å². The van der Waals surface area contributed by atoms with Gasteiger partial charge in [-0.1, -0.05) is 43.0 Å². The normalized spacial score (nSPS) is 22.4. The number of carboxylic acid groups (broad SMARTS) is 1. The lowest BCUT2D eigenvalue weighted by molar-refractivity contribution is -0.145. The molecule has 22 heavy (non-hydrogen) atoms. The number of benzene rings is 1. The van der Waals surface area contributed by atoms with Gasteiger partial charge in [0.25, 0.3) is 0 Å². The molecule has 1 saturated heterocycles. The fraction of sp³-hybridized carbons (Fsp3) is 0.611. The Labute approximate surface area is 136 Å². The molecule has 3 rings (SSSR count). The minimum absolute atomic E-state index is 0.433. The maximum absolute atomic E-state index is 11.9. The average Bonchev–Trinajstić information content (AvgIpc) is 2.56. The molecule has 1 saturated carbocycles. The van der Waals surface area contributed by atoms with Gasteiger partial charge in [-0.2, -0.15) is 0 Å². The molecule has 0 amide bonds. The molecule has 4 heteroatoms. The van der Waals surface area contributed by atoms with Gasteiger partial charge in [0.15, 0.2) is 0 Å². The van der Waals surface area contributed by atoms with Gasteiger partial charge in [-0.25, -0.2) is 0 Å². The number of carbonyl (C=O) groups is 1. The van der Waals surface area contributed by atoms with Crippen molar-refractivity contribution in [2.24, 2.45) is 0 Å². The van der Waals surface area contributed by atoms with Crippen molar-refractivity contribution >= 4 is 17.6 Å². The van der Waals surface area contributed by atoms with Crippen LogP contribution in [0.25, 0.3) is 0 Å². The van der Waals surface area contributed by atoms with E-state index in [9.17, 15) is 9.90 Å². The van der Waals surface area contributed by atoms with E-state index in [0.717, 1.165) is 74.3 Å². The van der Waals surface area contributed by atoms with Crippen molar-refractivity contribution in [1.82, 2.24) is 0 Å². The molecule has 2 aliphatic rings. The highest BCUT2D eigenvalue weighted by atomic mass is 35.5. The molecular weight excluding hydrogens is 300 g/mol. The van der Waals surface area contributed by atoms with E-state index < -0.39 is 11.4 Å². The Bertz CT molecular complexity index is 543. The van der Waals surface area contributed by atoms with E-state index in [2.05, 4.69) is 0 Å². The molecule has 1 aliphatic carbocycles. The minimum atomic E-state index is -0.740. The Morgan fingerprint density at radius 2 is 1.86 bits per heavy atom. The van der Waals surface area contributed by atoms with Crippen molar-refractivity contribution in [2.75, 3.05) is 13.2 Å². The van der Waals surface area contributed by atoms with Gasteiger partial charge in [0.1, 0.15) is 0 Å². The van der Waals surface area contributed by atoms with E-state index in [4.69, 9.17) is 16.3 Å². The van der Waals surface area contributed by atoms with Crippen LogP contribution < -0.4 is 0 Å². The largest absolute Gasteiger partial charge is 0.481 e. The molecule has 1 aliphatic heterocycles. The van der Waals surface area contributed by atoms with Crippen molar-refractivity contribution in [3.8, 4) is 0 Å². The van der Waals surface area contributed by atoms with Crippen LogP contribution in [0, 0.1) is 0 Å². The lowest BCUT2D eigenvalue weighted by Gasteiger charge is -2.34. The monoisotopic (exact) mass is 322 g/mol. The van der Waals surface area contributed by atoms with Crippen molar-refractivity contribution in [3.05, 3.63) is 34.3 Å². The molecular formula is C18H23ClO3. The highest BCUT2D eigenvalue weighted by molar-refractivity contribution is 6.31. The zero-order chi connectivity index (χ0) is 15.6. The summed E-state index contributed by atoms with van der Waals surface area (Å²) >= 11 is 6.51. The molecule has 0 bridgehead atoms. The maximum atomic E-state index is 11.9. The van der Waals surface area contributed by atoms with Crippen LogP contribution in [0.15, 0.2) is 18.2 Å². The second-order valence-electron chi connectivity index (χ2n) is 6.57. The summed E-state index contributed by atoms with van der Waals surface area (Å²) in [5.41, 5.74) is 1.28. The Morgan fingerprint density at radius 3 is 2.45 bits per heavy atom. The van der Waals surface area contributed by atoms with Crippen molar-refractivity contribution in [2.45, 2.75) is 56.3 Å². The third-order valence-corrected chi connectivity index (χ3v) is 5.66. The topological polar surface area (TPSA) is 46.5 Å². The fourth-order valence-corrected chi connectivity index (χ4v) is 4.28. The van der Waals surface area contributed by atoms with Gasteiger partial charge < -0.3 is 9.84 Å². The molecule has 120 valence electrons. The van der Waals surface area contributed by atoms with Gasteiger partial charge in [-0.3, -0.25) is 4.79 Å². The average molecular weight is 323 g/mol. The van der Waals surface area contributed by atoms with E-state index in [1.807, 2.05) is 18.2 Å². The highest BCUT2D eigenvalue weighted by Gasteiger charge is 2.41. The van der Waals surface area contributed by atoms with Gasteiger partial charge in [-0.15, -0.1) is 0 Å². The van der Waals surface area contributed by atoms with Crippen LogP contribution in [0.3, 0.4) is 0 Å². The molecule has 0 radical (unpaired) electrons. The molecule has 3 nitrogen and oxygen atoms in total. The second kappa shape index (κ2) is 6.59. The summed E-state index contributed by atoms with van der Waals surface area (Å²) in [5.74, 6) is -0.274. The Balaban J connectivity index is 1.91. The summed E-state index contributed by atoms with van der Waals surface area (Å²) in [5, 5.41) is 10.5. The van der Waals surface area contributed by atoms with Crippen LogP contribution in [-0.2, 0) is 14.9 Å². The van der Waals surface area contributed by atoms with Crippen molar-refractivity contribution in [1.29, 1.82) is 0 Å². The smallest absolute Gasteiger partial charge is 0.314 e. The third kappa shape index (κ3) is 2.89. The molecule has 2 fully saturated rings. The van der Waals surface area contributed by atoms with E-state index in [1.165, 1.54) is 0 Å². The zero-order valence-corrected chi connectivity index (χ0v) is 13.6. The van der Waals surface area contributed by atoms with Gasteiger partial charge >= 0.3 is 5.97 Å². The van der Waals surface area contributed by atoms with Crippen LogP contribution in [0.1, 0.15) is 62.0 Å². The number of hydrogen-bond acceptors (Lipinski definition) is 2. The molecule has 0 unspecified atom stereocenters. The molecule has 1 aromatic carbocycles. The van der Waals surface area contributed by atoms with Gasteiger partial charge in [-0.05, 0) is 48.8 Å². The summed E-state index contributed by atoms with van der Waals surface area (Å²) in [4.78, 5) is 11.9. The number of ether oxygens (including phenoxy) is 1. The Morgan fingerprint density at radius 1 is 1.18 bits per heavy atom. The lowest BCUT2D eigenvalue weighted by atomic mass is 9.69. The van der Waals surface area contributed by atoms with Crippen molar-refractivity contribution in [3.63, 3.8) is 0 Å². The number of aliphatic carboxylic acids is 1. The standard InChI is InChI=1S/C18H23ClO3/c19-16-12-14(18(17(20)21)8-2-1-3-9-18)4-5-15(16)13-6-10-22-11-7-13/h4-5,12-13H,1-3,6-11H2,(H,20,21). The second-order valence-corrected chi connectivity index (χ2v) is 6.98. The predicted molar refractivity (Wildman–Crippen MR) is 86.6 cm³/mol. The van der Waals surface area contributed by atoms with E-state index in [0.29, 0.717) is 5.92 Å². The lowest BCUT2D eigenvalue weighted by Crippen LogP contribution is -2.37. The first-order chi connectivity index (χ1) is 10.6. The predicted octanol–water partition coefficient (Wildman–Crippen LogP) is 4.52. The molecule has 1 heterocycles. The van der Waals surface area contributed by atoms with E-state index in [1.54, 1.807) is 0 Å². The summed E-state index contributed by atoms with van der Waals surface area (Å²) in [6.07, 6.45) is 6.50. The first-order valence-electron chi connectivity index (χ1n) is 8.24. The first kappa shape index (κ1) is 15.8. The SMILES string of the molecule is O=C(O)C1(c2ccc(C3CCOCC3)c(Cl)c2)CCCCC1. The maximum Gasteiger partial charge on any atom is 0.314 e. The zero-order valence-electron chi connectivity index (χ0n) is 12.8. The van der Waals surface area contributed by atoms with Gasteiger partial charge in [0.2, 0.25) is 0 Å². The van der Waals surface area contributed by atoms with Crippen LogP contribution >= 0.6 is 11.6 Å². The Hall–Kier alpha value is -1.06. The van der Waals surface area contributed by atoms with Crippen LogP contribution in [-0.4, -0.2) is 24.3 Å². The molecule has 0 aromatic heterocycles.